The molecule has 3 aromatic heterocycles. The number of carbonyl (C=O) groups is 2. The molecule has 0 fully saturated rings. The van der Waals surface area contributed by atoms with E-state index in [0.717, 1.165) is 22.3 Å². The lowest BCUT2D eigenvalue weighted by Gasteiger charge is -2.08. The molecule has 0 saturated heterocycles. The average Bonchev–Trinajstić information content (AvgIpc) is 3.33. The first-order valence-corrected chi connectivity index (χ1v) is 9.51. The second-order valence-electron chi connectivity index (χ2n) is 7.10. The van der Waals surface area contributed by atoms with Crippen molar-refractivity contribution in [1.82, 2.24) is 24.5 Å². The Morgan fingerprint density at radius 1 is 1.13 bits per heavy atom. The number of nitrogens with two attached hydrogens (primary N) is 1. The quantitative estimate of drug-likeness (QED) is 0.491. The lowest BCUT2D eigenvalue weighted by molar-refractivity contribution is -0.118. The van der Waals surface area contributed by atoms with Gasteiger partial charge in [-0.25, -0.2) is 14.3 Å². The summed E-state index contributed by atoms with van der Waals surface area (Å²) in [5.74, 6) is -0.541. The van der Waals surface area contributed by atoms with Crippen LogP contribution in [0.15, 0.2) is 42.6 Å². The number of carbonyl (C=O) groups excluding carboxylic acids is 2. The van der Waals surface area contributed by atoms with Crippen LogP contribution < -0.4 is 15.8 Å². The predicted molar refractivity (Wildman–Crippen MR) is 114 cm³/mol. The third-order valence-corrected chi connectivity index (χ3v) is 4.68. The normalized spacial score (nSPS) is 10.9. The molecule has 0 unspecified atom stereocenters. The molecule has 0 atom stereocenters. The van der Waals surface area contributed by atoms with Gasteiger partial charge in [-0.1, -0.05) is 0 Å². The molecule has 31 heavy (non-hydrogen) atoms. The number of ether oxygens (including phenoxy) is 1. The highest BCUT2D eigenvalue weighted by atomic mass is 16.5. The second kappa shape index (κ2) is 7.90. The Morgan fingerprint density at radius 3 is 2.55 bits per heavy atom. The fraction of sp³-hybridized carbons (Fsp3) is 0.190. The minimum absolute atomic E-state index is 0.178. The van der Waals surface area contributed by atoms with Gasteiger partial charge in [-0.15, -0.1) is 5.10 Å². The molecule has 4 rings (SSSR count). The standard InChI is InChI=1S/C21H21N7O3/c1-12-10-13(2)23-20-18(12)21(26-27(20)3)31-11-17(29)24-14-4-6-15(7-5-14)28-9-8-16(25-28)19(22)30/h4-10H,11H2,1-3H3,(H2,22,30)(H,24,29). The molecule has 0 aliphatic rings. The molecule has 3 heterocycles. The summed E-state index contributed by atoms with van der Waals surface area (Å²) in [6.45, 7) is 3.68. The number of aromatic nitrogens is 5. The number of hydrogen-bond donors (Lipinski definition) is 2. The number of nitrogens with one attached hydrogen (secondary N) is 1. The van der Waals surface area contributed by atoms with Crippen LogP contribution in [0.25, 0.3) is 16.7 Å². The van der Waals surface area contributed by atoms with Crippen LogP contribution in [-0.4, -0.2) is 43.0 Å². The van der Waals surface area contributed by atoms with E-state index in [4.69, 9.17) is 10.5 Å². The smallest absolute Gasteiger partial charge is 0.269 e. The maximum atomic E-state index is 12.3. The number of primary amides is 1. The minimum atomic E-state index is -0.593. The van der Waals surface area contributed by atoms with Gasteiger partial charge in [-0.3, -0.25) is 9.59 Å². The zero-order valence-electron chi connectivity index (χ0n) is 17.3. The van der Waals surface area contributed by atoms with E-state index in [-0.39, 0.29) is 18.2 Å². The lowest BCUT2D eigenvalue weighted by Crippen LogP contribution is -2.20. The van der Waals surface area contributed by atoms with Crippen molar-refractivity contribution in [2.75, 3.05) is 11.9 Å². The van der Waals surface area contributed by atoms with Crippen LogP contribution in [0.5, 0.6) is 5.88 Å². The van der Waals surface area contributed by atoms with E-state index in [2.05, 4.69) is 20.5 Å². The molecule has 2 amide bonds. The van der Waals surface area contributed by atoms with Crippen molar-refractivity contribution >= 4 is 28.5 Å². The molecule has 0 aliphatic heterocycles. The van der Waals surface area contributed by atoms with E-state index in [1.807, 2.05) is 19.9 Å². The molecule has 0 bridgehead atoms. The number of hydrogen-bond acceptors (Lipinski definition) is 6. The number of benzene rings is 1. The molecule has 1 aromatic carbocycles. The molecular weight excluding hydrogens is 398 g/mol. The van der Waals surface area contributed by atoms with Gasteiger partial charge in [0, 0.05) is 24.6 Å². The van der Waals surface area contributed by atoms with Gasteiger partial charge in [0.05, 0.1) is 11.1 Å². The van der Waals surface area contributed by atoms with Crippen LogP contribution in [0.1, 0.15) is 21.7 Å². The first-order chi connectivity index (χ1) is 14.8. The van der Waals surface area contributed by atoms with Gasteiger partial charge >= 0.3 is 0 Å². The van der Waals surface area contributed by atoms with Gasteiger partial charge in [-0.05, 0) is 55.8 Å². The zero-order valence-corrected chi connectivity index (χ0v) is 17.3. The van der Waals surface area contributed by atoms with Gasteiger partial charge in [-0.2, -0.15) is 5.10 Å². The van der Waals surface area contributed by atoms with Crippen molar-refractivity contribution in [2.45, 2.75) is 13.8 Å². The number of amides is 2. The van der Waals surface area contributed by atoms with Crippen molar-refractivity contribution in [3.8, 4) is 11.6 Å². The highest BCUT2D eigenvalue weighted by Crippen LogP contribution is 2.27. The van der Waals surface area contributed by atoms with Crippen LogP contribution in [0.4, 0.5) is 5.69 Å². The van der Waals surface area contributed by atoms with Crippen LogP contribution in [0, 0.1) is 13.8 Å². The fourth-order valence-corrected chi connectivity index (χ4v) is 3.28. The molecule has 10 nitrogen and oxygen atoms in total. The molecule has 3 N–H and O–H groups in total. The van der Waals surface area contributed by atoms with Gasteiger partial charge < -0.3 is 15.8 Å². The molecule has 10 heteroatoms. The highest BCUT2D eigenvalue weighted by molar-refractivity contribution is 5.92. The Balaban J connectivity index is 1.41. The maximum Gasteiger partial charge on any atom is 0.269 e. The lowest BCUT2D eigenvalue weighted by atomic mass is 10.2. The maximum absolute atomic E-state index is 12.3. The molecule has 0 radical (unpaired) electrons. The second-order valence-corrected chi connectivity index (χ2v) is 7.10. The third-order valence-electron chi connectivity index (χ3n) is 4.68. The van der Waals surface area contributed by atoms with Crippen LogP contribution in [0.2, 0.25) is 0 Å². The largest absolute Gasteiger partial charge is 0.466 e. The van der Waals surface area contributed by atoms with Crippen molar-refractivity contribution in [3.63, 3.8) is 0 Å². The van der Waals surface area contributed by atoms with Crippen LogP contribution >= 0.6 is 0 Å². The fourth-order valence-electron chi connectivity index (χ4n) is 3.28. The van der Waals surface area contributed by atoms with E-state index in [9.17, 15) is 9.59 Å². The van der Waals surface area contributed by atoms with Crippen molar-refractivity contribution < 1.29 is 14.3 Å². The van der Waals surface area contributed by atoms with E-state index in [1.54, 1.807) is 42.2 Å². The van der Waals surface area contributed by atoms with Gasteiger partial charge in [0.1, 0.15) is 5.69 Å². The first kappa shape index (κ1) is 20.1. The topological polar surface area (TPSA) is 130 Å². The van der Waals surface area contributed by atoms with E-state index < -0.39 is 5.91 Å². The summed E-state index contributed by atoms with van der Waals surface area (Å²) >= 11 is 0. The third kappa shape index (κ3) is 4.08. The summed E-state index contributed by atoms with van der Waals surface area (Å²) in [6, 6.07) is 10.5. The summed E-state index contributed by atoms with van der Waals surface area (Å²) < 4.78 is 8.84. The highest BCUT2D eigenvalue weighted by Gasteiger charge is 2.15. The van der Waals surface area contributed by atoms with E-state index in [1.165, 1.54) is 10.7 Å². The van der Waals surface area contributed by atoms with Crippen molar-refractivity contribution in [3.05, 3.63) is 59.5 Å². The average molecular weight is 419 g/mol. The molecule has 4 aromatic rings. The summed E-state index contributed by atoms with van der Waals surface area (Å²) in [6.07, 6.45) is 1.64. The summed E-state index contributed by atoms with van der Waals surface area (Å²) in [5, 5.41) is 12.0. The number of nitrogens with zero attached hydrogens (tertiary/aromatic N) is 5. The van der Waals surface area contributed by atoms with Crippen LogP contribution in [-0.2, 0) is 11.8 Å². The Hall–Kier alpha value is -4.21. The Labute approximate surface area is 177 Å². The number of aryl methyl sites for hydroxylation is 3. The van der Waals surface area contributed by atoms with Gasteiger partial charge in [0.15, 0.2) is 12.3 Å². The molecule has 0 aliphatic carbocycles. The first-order valence-electron chi connectivity index (χ1n) is 9.51. The number of fused-ring (bicyclic) bond motifs is 1. The van der Waals surface area contributed by atoms with Crippen molar-refractivity contribution in [2.24, 2.45) is 12.8 Å². The van der Waals surface area contributed by atoms with Crippen LogP contribution in [0.3, 0.4) is 0 Å². The Bertz CT molecular complexity index is 1290. The minimum Gasteiger partial charge on any atom is -0.466 e. The van der Waals surface area contributed by atoms with Gasteiger partial charge in [0.2, 0.25) is 5.88 Å². The summed E-state index contributed by atoms with van der Waals surface area (Å²) in [4.78, 5) is 28.0. The number of anilines is 1. The number of rotatable bonds is 6. The summed E-state index contributed by atoms with van der Waals surface area (Å²) in [5.41, 5.74) is 9.30. The van der Waals surface area contributed by atoms with Gasteiger partial charge in [0.25, 0.3) is 11.8 Å². The number of pyridine rings is 1. The summed E-state index contributed by atoms with van der Waals surface area (Å²) in [7, 11) is 1.79. The molecular formula is C21H21N7O3. The molecule has 158 valence electrons. The Kier molecular flexibility index (Phi) is 5.12. The monoisotopic (exact) mass is 419 g/mol. The SMILES string of the molecule is Cc1cc(C)c2c(OCC(=O)Nc3ccc(-n4ccc(C(N)=O)n4)cc3)nn(C)c2n1. The molecule has 0 spiro atoms. The molecule has 0 saturated carbocycles. The van der Waals surface area contributed by atoms with E-state index in [0.29, 0.717) is 17.2 Å². The van der Waals surface area contributed by atoms with E-state index >= 15 is 0 Å². The van der Waals surface area contributed by atoms with Crippen molar-refractivity contribution in [1.29, 1.82) is 0 Å². The Morgan fingerprint density at radius 2 is 1.87 bits per heavy atom. The predicted octanol–water partition coefficient (Wildman–Crippen LogP) is 1.89. The zero-order chi connectivity index (χ0) is 22.1.